The first-order valence-corrected chi connectivity index (χ1v) is 6.63. The fourth-order valence-electron chi connectivity index (χ4n) is 1.56. The summed E-state index contributed by atoms with van der Waals surface area (Å²) in [6.07, 6.45) is 0.151. The van der Waals surface area contributed by atoms with E-state index in [1.54, 1.807) is 12.1 Å². The Balaban J connectivity index is 2.77. The molecule has 1 amide bonds. The van der Waals surface area contributed by atoms with Gasteiger partial charge in [0.1, 0.15) is 5.75 Å². The van der Waals surface area contributed by atoms with Gasteiger partial charge in [0.2, 0.25) is 0 Å². The van der Waals surface area contributed by atoms with Crippen molar-refractivity contribution < 1.29 is 19.4 Å². The summed E-state index contributed by atoms with van der Waals surface area (Å²) in [5.74, 6) is -0.575. The summed E-state index contributed by atoms with van der Waals surface area (Å²) in [5, 5.41) is 9.57. The van der Waals surface area contributed by atoms with Crippen LogP contribution in [0.15, 0.2) is 22.7 Å². The molecular weight excluding hydrogens is 314 g/mol. The van der Waals surface area contributed by atoms with Gasteiger partial charge >= 0.3 is 5.97 Å². The third kappa shape index (κ3) is 4.24. The monoisotopic (exact) mass is 329 g/mol. The maximum absolute atomic E-state index is 12.2. The summed E-state index contributed by atoms with van der Waals surface area (Å²) < 4.78 is 5.07. The quantitative estimate of drug-likeness (QED) is 0.841. The number of methoxy groups -OCH3 is 1. The summed E-state index contributed by atoms with van der Waals surface area (Å²) >= 11 is 3.16. The van der Waals surface area contributed by atoms with E-state index in [1.165, 1.54) is 18.1 Å². The summed E-state index contributed by atoms with van der Waals surface area (Å²) in [7, 11) is 1.31. The number of hydrogen-bond donors (Lipinski definition) is 1. The van der Waals surface area contributed by atoms with Gasteiger partial charge in [-0.2, -0.15) is 0 Å². The van der Waals surface area contributed by atoms with Crippen molar-refractivity contribution in [2.75, 3.05) is 20.2 Å². The van der Waals surface area contributed by atoms with E-state index in [0.29, 0.717) is 23.1 Å². The molecule has 5 nitrogen and oxygen atoms in total. The second-order valence-corrected chi connectivity index (χ2v) is 4.73. The second-order valence-electron chi connectivity index (χ2n) is 3.88. The van der Waals surface area contributed by atoms with Gasteiger partial charge in [0.05, 0.1) is 18.0 Å². The van der Waals surface area contributed by atoms with Crippen LogP contribution in [0.5, 0.6) is 5.75 Å². The van der Waals surface area contributed by atoms with Gasteiger partial charge in [-0.25, -0.2) is 0 Å². The first-order valence-electron chi connectivity index (χ1n) is 5.84. The number of esters is 1. The van der Waals surface area contributed by atoms with Crippen molar-refractivity contribution in [3.63, 3.8) is 0 Å². The van der Waals surface area contributed by atoms with Gasteiger partial charge in [0, 0.05) is 18.7 Å². The molecule has 1 aromatic rings. The summed E-state index contributed by atoms with van der Waals surface area (Å²) in [4.78, 5) is 24.8. The molecular formula is C13H16BrNO4. The van der Waals surface area contributed by atoms with Crippen molar-refractivity contribution in [2.24, 2.45) is 0 Å². The number of amides is 1. The molecule has 0 bridgehead atoms. The molecule has 0 atom stereocenters. The molecule has 0 aliphatic heterocycles. The number of halogens is 1. The first-order chi connectivity index (χ1) is 8.99. The van der Waals surface area contributed by atoms with E-state index in [2.05, 4.69) is 20.7 Å². The highest BCUT2D eigenvalue weighted by Gasteiger charge is 2.16. The van der Waals surface area contributed by atoms with E-state index < -0.39 is 0 Å². The number of carbonyl (C=O) groups excluding carboxylic acids is 2. The fourth-order valence-corrected chi connectivity index (χ4v) is 1.81. The van der Waals surface area contributed by atoms with Crippen LogP contribution < -0.4 is 0 Å². The zero-order valence-electron chi connectivity index (χ0n) is 10.9. The Morgan fingerprint density at radius 2 is 2.11 bits per heavy atom. The standard InChI is InChI=1S/C13H16BrNO4/c1-3-15(7-6-12(17)19-2)13(18)9-4-5-10(14)11(16)8-9/h4-5,8,16H,3,6-7H2,1-2H3. The van der Waals surface area contributed by atoms with Crippen LogP contribution in [0.25, 0.3) is 0 Å². The fraction of sp³-hybridized carbons (Fsp3) is 0.385. The maximum atomic E-state index is 12.2. The summed E-state index contributed by atoms with van der Waals surface area (Å²) in [5.41, 5.74) is 0.382. The van der Waals surface area contributed by atoms with Gasteiger partial charge in [-0.3, -0.25) is 9.59 Å². The number of rotatable bonds is 5. The van der Waals surface area contributed by atoms with E-state index in [-0.39, 0.29) is 24.0 Å². The molecule has 0 fully saturated rings. The van der Waals surface area contributed by atoms with Crippen LogP contribution in [0.3, 0.4) is 0 Å². The van der Waals surface area contributed by atoms with E-state index >= 15 is 0 Å². The highest BCUT2D eigenvalue weighted by molar-refractivity contribution is 9.10. The predicted molar refractivity (Wildman–Crippen MR) is 74.0 cm³/mol. The Hall–Kier alpha value is -1.56. The number of carbonyl (C=O) groups is 2. The molecule has 0 aromatic heterocycles. The third-order valence-corrected chi connectivity index (χ3v) is 3.35. The summed E-state index contributed by atoms with van der Waals surface area (Å²) in [6.45, 7) is 2.60. The van der Waals surface area contributed by atoms with E-state index in [4.69, 9.17) is 0 Å². The van der Waals surface area contributed by atoms with Crippen LogP contribution in [0.4, 0.5) is 0 Å². The zero-order valence-corrected chi connectivity index (χ0v) is 12.4. The molecule has 0 saturated carbocycles. The number of phenolic OH excluding ortho intramolecular Hbond substituents is 1. The lowest BCUT2D eigenvalue weighted by molar-refractivity contribution is -0.140. The Morgan fingerprint density at radius 3 is 2.63 bits per heavy atom. The topological polar surface area (TPSA) is 66.8 Å². The molecule has 0 radical (unpaired) electrons. The molecule has 0 saturated heterocycles. The lowest BCUT2D eigenvalue weighted by Gasteiger charge is -2.20. The van der Waals surface area contributed by atoms with Gasteiger partial charge in [0.15, 0.2) is 0 Å². The average Bonchev–Trinajstić information content (AvgIpc) is 2.41. The van der Waals surface area contributed by atoms with Crippen molar-refractivity contribution in [1.82, 2.24) is 4.90 Å². The number of hydrogen-bond acceptors (Lipinski definition) is 4. The largest absolute Gasteiger partial charge is 0.507 e. The number of benzene rings is 1. The summed E-state index contributed by atoms with van der Waals surface area (Å²) in [6, 6.07) is 4.62. The normalized spacial score (nSPS) is 10.1. The third-order valence-electron chi connectivity index (χ3n) is 2.68. The Labute approximate surface area is 120 Å². The minimum absolute atomic E-state index is 0.00914. The van der Waals surface area contributed by atoms with E-state index in [9.17, 15) is 14.7 Å². The number of nitrogens with zero attached hydrogens (tertiary/aromatic N) is 1. The lowest BCUT2D eigenvalue weighted by atomic mass is 10.2. The Bertz CT molecular complexity index is 476. The number of aromatic hydroxyl groups is 1. The molecule has 0 aliphatic carbocycles. The van der Waals surface area contributed by atoms with Crippen LogP contribution in [0.1, 0.15) is 23.7 Å². The van der Waals surface area contributed by atoms with Crippen molar-refractivity contribution >= 4 is 27.8 Å². The molecule has 0 unspecified atom stereocenters. The molecule has 104 valence electrons. The first kappa shape index (κ1) is 15.5. The van der Waals surface area contributed by atoms with Crippen molar-refractivity contribution in [1.29, 1.82) is 0 Å². The maximum Gasteiger partial charge on any atom is 0.307 e. The van der Waals surface area contributed by atoms with Crippen molar-refractivity contribution in [3.8, 4) is 5.75 Å². The Morgan fingerprint density at radius 1 is 1.42 bits per heavy atom. The van der Waals surface area contributed by atoms with Crippen LogP contribution >= 0.6 is 15.9 Å². The minimum atomic E-state index is -0.357. The molecule has 1 rings (SSSR count). The van der Waals surface area contributed by atoms with Gasteiger partial charge in [-0.1, -0.05) is 0 Å². The average molecular weight is 330 g/mol. The molecule has 0 spiro atoms. The minimum Gasteiger partial charge on any atom is -0.507 e. The SMILES string of the molecule is CCN(CCC(=O)OC)C(=O)c1ccc(Br)c(O)c1. The van der Waals surface area contributed by atoms with Crippen molar-refractivity contribution in [3.05, 3.63) is 28.2 Å². The van der Waals surface area contributed by atoms with Crippen LogP contribution in [0, 0.1) is 0 Å². The molecule has 0 aliphatic rings. The lowest BCUT2D eigenvalue weighted by Crippen LogP contribution is -2.33. The smallest absolute Gasteiger partial charge is 0.307 e. The molecule has 6 heteroatoms. The molecule has 1 aromatic carbocycles. The van der Waals surface area contributed by atoms with E-state index in [1.807, 2.05) is 6.92 Å². The van der Waals surface area contributed by atoms with Gasteiger partial charge in [0.25, 0.3) is 5.91 Å². The van der Waals surface area contributed by atoms with Crippen LogP contribution in [0.2, 0.25) is 0 Å². The highest BCUT2D eigenvalue weighted by atomic mass is 79.9. The van der Waals surface area contributed by atoms with Crippen LogP contribution in [-0.4, -0.2) is 42.1 Å². The molecule has 1 N–H and O–H groups in total. The van der Waals surface area contributed by atoms with Gasteiger partial charge in [-0.15, -0.1) is 0 Å². The number of phenols is 1. The van der Waals surface area contributed by atoms with E-state index in [0.717, 1.165) is 0 Å². The van der Waals surface area contributed by atoms with Gasteiger partial charge in [-0.05, 0) is 41.1 Å². The molecule has 19 heavy (non-hydrogen) atoms. The number of ether oxygens (including phenoxy) is 1. The van der Waals surface area contributed by atoms with Gasteiger partial charge < -0.3 is 14.7 Å². The Kier molecular flexibility index (Phi) is 5.82. The van der Waals surface area contributed by atoms with Crippen LogP contribution in [-0.2, 0) is 9.53 Å². The zero-order chi connectivity index (χ0) is 14.4. The highest BCUT2D eigenvalue weighted by Crippen LogP contribution is 2.24. The predicted octanol–water partition coefficient (Wildman–Crippen LogP) is 2.18. The van der Waals surface area contributed by atoms with Crippen molar-refractivity contribution in [2.45, 2.75) is 13.3 Å². The molecule has 0 heterocycles. The second kappa shape index (κ2) is 7.13.